The Morgan fingerprint density at radius 2 is 1.58 bits per heavy atom. The number of alkyl halides is 3. The number of thioether (sulfide) groups is 1. The van der Waals surface area contributed by atoms with Gasteiger partial charge in [-0.05, 0) is 67.2 Å². The summed E-state index contributed by atoms with van der Waals surface area (Å²) in [4.78, 5) is 35.2. The zero-order chi connectivity index (χ0) is 34.4. The molecule has 0 radical (unpaired) electrons. The van der Waals surface area contributed by atoms with Gasteiger partial charge in [0.1, 0.15) is 6.54 Å². The van der Waals surface area contributed by atoms with Crippen molar-refractivity contribution in [2.45, 2.75) is 63.3 Å². The largest absolute Gasteiger partial charge is 0.416 e. The van der Waals surface area contributed by atoms with Crippen LogP contribution in [0.2, 0.25) is 0 Å². The maximum atomic E-state index is 14.4. The van der Waals surface area contributed by atoms with Gasteiger partial charge in [-0.3, -0.25) is 9.59 Å². The molecular weight excluding hydrogens is 647 g/mol. The fraction of sp³-hybridized carbons (Fsp3) is 0.361. The first kappa shape index (κ1) is 35.3. The second-order valence-electron chi connectivity index (χ2n) is 11.7. The summed E-state index contributed by atoms with van der Waals surface area (Å²) in [5, 5.41) is 0.280. The van der Waals surface area contributed by atoms with Gasteiger partial charge in [-0.2, -0.15) is 18.2 Å². The number of halogens is 5. The molecule has 48 heavy (non-hydrogen) atoms. The normalized spacial score (nSPS) is 12.8. The quantitative estimate of drug-likeness (QED) is 0.0838. The van der Waals surface area contributed by atoms with E-state index in [1.807, 2.05) is 24.3 Å². The lowest BCUT2D eigenvalue weighted by Crippen LogP contribution is -2.40. The van der Waals surface area contributed by atoms with Gasteiger partial charge in [-0.1, -0.05) is 74.1 Å². The number of carbonyl (C=O) groups is 1. The Labute approximate surface area is 280 Å². The van der Waals surface area contributed by atoms with Crippen LogP contribution in [0.5, 0.6) is 0 Å². The van der Waals surface area contributed by atoms with Gasteiger partial charge in [-0.25, -0.2) is 8.78 Å². The minimum absolute atomic E-state index is 0.0277. The molecule has 4 aromatic rings. The van der Waals surface area contributed by atoms with Gasteiger partial charge in [0.25, 0.3) is 5.56 Å². The van der Waals surface area contributed by atoms with E-state index in [1.165, 1.54) is 24.3 Å². The number of benzene rings is 3. The molecule has 0 saturated heterocycles. The van der Waals surface area contributed by atoms with Crippen LogP contribution in [-0.4, -0.2) is 51.4 Å². The molecule has 1 amide bonds. The van der Waals surface area contributed by atoms with Crippen molar-refractivity contribution >= 4 is 17.7 Å². The Morgan fingerprint density at radius 1 is 0.917 bits per heavy atom. The molecule has 1 aromatic heterocycles. The third-order valence-electron chi connectivity index (χ3n) is 8.69. The van der Waals surface area contributed by atoms with E-state index in [1.54, 1.807) is 9.47 Å². The van der Waals surface area contributed by atoms with Gasteiger partial charge in [0.2, 0.25) is 5.91 Å². The summed E-state index contributed by atoms with van der Waals surface area (Å²) < 4.78 is 69.1. The number of fused-ring (bicyclic) bond motifs is 1. The van der Waals surface area contributed by atoms with E-state index >= 15 is 0 Å². The predicted molar refractivity (Wildman–Crippen MR) is 177 cm³/mol. The van der Waals surface area contributed by atoms with Crippen molar-refractivity contribution < 1.29 is 26.7 Å². The SMILES string of the molecule is CCN(CC)CCN(Cc1ccc(-c2ccc(C(F)(F)F)cc2)cc1)C(=O)Cn1c(SCc2cccc(F)c2F)nc(=O)c2c1CCC2. The van der Waals surface area contributed by atoms with E-state index in [0.29, 0.717) is 43.6 Å². The van der Waals surface area contributed by atoms with Crippen molar-refractivity contribution in [3.05, 3.63) is 117 Å². The Kier molecular flexibility index (Phi) is 11.4. The molecule has 0 unspecified atom stereocenters. The maximum absolute atomic E-state index is 14.4. The lowest BCUT2D eigenvalue weighted by molar-refractivity contribution is -0.137. The molecule has 12 heteroatoms. The number of amides is 1. The summed E-state index contributed by atoms with van der Waals surface area (Å²) in [6.07, 6.45) is -2.49. The highest BCUT2D eigenvalue weighted by atomic mass is 32.2. The number of hydrogen-bond donors (Lipinski definition) is 0. The molecular formula is C36H37F5N4O2S. The third-order valence-corrected chi connectivity index (χ3v) is 9.71. The van der Waals surface area contributed by atoms with Gasteiger partial charge in [-0.15, -0.1) is 0 Å². The minimum atomic E-state index is -4.41. The molecule has 1 heterocycles. The lowest BCUT2D eigenvalue weighted by atomic mass is 10.0. The van der Waals surface area contributed by atoms with E-state index < -0.39 is 23.4 Å². The van der Waals surface area contributed by atoms with Gasteiger partial charge in [0.05, 0.1) is 5.56 Å². The fourth-order valence-electron chi connectivity index (χ4n) is 5.87. The van der Waals surface area contributed by atoms with Gasteiger partial charge in [0.15, 0.2) is 16.8 Å². The molecule has 254 valence electrons. The molecule has 5 rings (SSSR count). The van der Waals surface area contributed by atoms with Crippen molar-refractivity contribution in [1.29, 1.82) is 0 Å². The average molecular weight is 685 g/mol. The number of nitrogens with zero attached hydrogens (tertiary/aromatic N) is 4. The van der Waals surface area contributed by atoms with Crippen LogP contribution in [0.4, 0.5) is 22.0 Å². The smallest absolute Gasteiger partial charge is 0.336 e. The van der Waals surface area contributed by atoms with E-state index in [0.717, 1.165) is 66.3 Å². The summed E-state index contributed by atoms with van der Waals surface area (Å²) in [5.41, 5.74) is 2.63. The molecule has 0 fully saturated rings. The molecule has 6 nitrogen and oxygen atoms in total. The van der Waals surface area contributed by atoms with Gasteiger partial charge in [0, 0.05) is 42.2 Å². The van der Waals surface area contributed by atoms with Gasteiger partial charge >= 0.3 is 6.18 Å². The number of carbonyl (C=O) groups excluding carboxylic acids is 1. The van der Waals surface area contributed by atoms with E-state index in [9.17, 15) is 31.5 Å². The highest BCUT2D eigenvalue weighted by molar-refractivity contribution is 7.98. The number of rotatable bonds is 13. The first-order valence-corrected chi connectivity index (χ1v) is 16.9. The van der Waals surface area contributed by atoms with Crippen LogP contribution in [-0.2, 0) is 42.7 Å². The number of likely N-dealkylation sites (N-methyl/N-ethyl adjacent to an activating group) is 1. The van der Waals surface area contributed by atoms with Crippen LogP contribution in [0, 0.1) is 11.6 Å². The topological polar surface area (TPSA) is 58.4 Å². The predicted octanol–water partition coefficient (Wildman–Crippen LogP) is 7.36. The first-order valence-electron chi connectivity index (χ1n) is 15.9. The summed E-state index contributed by atoms with van der Waals surface area (Å²) in [6, 6.07) is 16.3. The van der Waals surface area contributed by atoms with Crippen LogP contribution in [0.15, 0.2) is 76.7 Å². The average Bonchev–Trinajstić information content (AvgIpc) is 3.58. The van der Waals surface area contributed by atoms with Crippen LogP contribution in [0.3, 0.4) is 0 Å². The summed E-state index contributed by atoms with van der Waals surface area (Å²) in [5.74, 6) is -2.07. The molecule has 0 bridgehead atoms. The number of hydrogen-bond acceptors (Lipinski definition) is 5. The Hall–Kier alpha value is -4.03. The van der Waals surface area contributed by atoms with Crippen molar-refractivity contribution in [1.82, 2.24) is 19.4 Å². The van der Waals surface area contributed by atoms with Crippen LogP contribution >= 0.6 is 11.8 Å². The maximum Gasteiger partial charge on any atom is 0.416 e. The highest BCUT2D eigenvalue weighted by Gasteiger charge is 2.30. The molecule has 3 aromatic carbocycles. The molecule has 0 N–H and O–H groups in total. The monoisotopic (exact) mass is 684 g/mol. The van der Waals surface area contributed by atoms with E-state index in [2.05, 4.69) is 23.7 Å². The van der Waals surface area contributed by atoms with Crippen LogP contribution < -0.4 is 5.56 Å². The second-order valence-corrected chi connectivity index (χ2v) is 12.6. The van der Waals surface area contributed by atoms with Crippen LogP contribution in [0.1, 0.15) is 48.2 Å². The van der Waals surface area contributed by atoms with Crippen molar-refractivity contribution in [2.75, 3.05) is 26.2 Å². The third kappa shape index (κ3) is 8.33. The van der Waals surface area contributed by atoms with E-state index in [4.69, 9.17) is 0 Å². The fourth-order valence-corrected chi connectivity index (χ4v) is 6.85. The molecule has 0 atom stereocenters. The lowest BCUT2D eigenvalue weighted by Gasteiger charge is -2.28. The summed E-state index contributed by atoms with van der Waals surface area (Å²) in [7, 11) is 0. The first-order chi connectivity index (χ1) is 23.0. The van der Waals surface area contributed by atoms with E-state index in [-0.39, 0.29) is 34.5 Å². The number of aromatic nitrogens is 2. The molecule has 1 aliphatic carbocycles. The molecule has 1 aliphatic rings. The Morgan fingerprint density at radius 3 is 2.23 bits per heavy atom. The molecule has 0 aliphatic heterocycles. The summed E-state index contributed by atoms with van der Waals surface area (Å²) in [6.45, 7) is 7.03. The standard InChI is InChI=1S/C36H37F5N4O2S/c1-3-43(4-2)19-20-44(21-24-11-13-25(14-12-24)26-15-17-28(18-16-26)36(39,40)41)32(46)22-45-31-10-6-8-29(31)34(47)42-35(45)48-23-27-7-5-9-30(37)33(27)38/h5,7,9,11-18H,3-4,6,8,10,19-23H2,1-2H3. The summed E-state index contributed by atoms with van der Waals surface area (Å²) >= 11 is 1.09. The Balaban J connectivity index is 1.39. The second kappa shape index (κ2) is 15.5. The zero-order valence-electron chi connectivity index (χ0n) is 26.8. The van der Waals surface area contributed by atoms with Crippen molar-refractivity contribution in [3.63, 3.8) is 0 Å². The van der Waals surface area contributed by atoms with Crippen molar-refractivity contribution in [2.24, 2.45) is 0 Å². The van der Waals surface area contributed by atoms with Crippen molar-refractivity contribution in [3.8, 4) is 11.1 Å². The molecule has 0 spiro atoms. The van der Waals surface area contributed by atoms with Gasteiger partial charge < -0.3 is 14.4 Å². The molecule has 0 saturated carbocycles. The highest BCUT2D eigenvalue weighted by Crippen LogP contribution is 2.31. The van der Waals surface area contributed by atoms with Crippen LogP contribution in [0.25, 0.3) is 11.1 Å². The minimum Gasteiger partial charge on any atom is -0.336 e. The zero-order valence-corrected chi connectivity index (χ0v) is 27.6. The Bertz CT molecular complexity index is 1790.